The standard InChI is InChI=1S/C15H14FNO2/c1-2-10-3-6-12(7-4-10)19-14-8-5-11(15(17)18)9-13(14)16/h3-9H,2H2,1H3,(H2,17,18). The minimum atomic E-state index is -0.669. The number of primary amides is 1. The van der Waals surface area contributed by atoms with E-state index in [1.54, 1.807) is 12.1 Å². The molecule has 0 radical (unpaired) electrons. The Morgan fingerprint density at radius 1 is 1.21 bits per heavy atom. The van der Waals surface area contributed by atoms with Crippen molar-refractivity contribution in [1.82, 2.24) is 0 Å². The maximum Gasteiger partial charge on any atom is 0.248 e. The number of nitrogens with two attached hydrogens (primary N) is 1. The van der Waals surface area contributed by atoms with Crippen molar-refractivity contribution in [3.05, 3.63) is 59.4 Å². The van der Waals surface area contributed by atoms with E-state index < -0.39 is 11.7 Å². The van der Waals surface area contributed by atoms with E-state index in [0.29, 0.717) is 5.75 Å². The smallest absolute Gasteiger partial charge is 0.248 e. The number of rotatable bonds is 4. The van der Waals surface area contributed by atoms with E-state index in [-0.39, 0.29) is 11.3 Å². The Morgan fingerprint density at radius 3 is 2.42 bits per heavy atom. The molecule has 1 amide bonds. The van der Waals surface area contributed by atoms with Crippen LogP contribution in [0.3, 0.4) is 0 Å². The van der Waals surface area contributed by atoms with E-state index >= 15 is 0 Å². The van der Waals surface area contributed by atoms with Crippen LogP contribution in [-0.4, -0.2) is 5.91 Å². The zero-order valence-electron chi connectivity index (χ0n) is 10.5. The van der Waals surface area contributed by atoms with Gasteiger partial charge in [-0.1, -0.05) is 19.1 Å². The first kappa shape index (κ1) is 13.1. The van der Waals surface area contributed by atoms with Crippen molar-refractivity contribution in [3.63, 3.8) is 0 Å². The average Bonchev–Trinajstić information content (AvgIpc) is 2.41. The third-order valence-corrected chi connectivity index (χ3v) is 2.78. The summed E-state index contributed by atoms with van der Waals surface area (Å²) in [5, 5.41) is 0. The van der Waals surface area contributed by atoms with Gasteiger partial charge < -0.3 is 10.5 Å². The highest BCUT2D eigenvalue weighted by Gasteiger charge is 2.08. The number of hydrogen-bond acceptors (Lipinski definition) is 2. The molecular formula is C15H14FNO2. The lowest BCUT2D eigenvalue weighted by Gasteiger charge is -2.08. The fourth-order valence-corrected chi connectivity index (χ4v) is 1.66. The molecule has 0 atom stereocenters. The molecule has 2 aromatic rings. The number of carbonyl (C=O) groups is 1. The Kier molecular flexibility index (Phi) is 3.80. The predicted molar refractivity (Wildman–Crippen MR) is 70.8 cm³/mol. The van der Waals surface area contributed by atoms with Crippen LogP contribution in [0.25, 0.3) is 0 Å². The van der Waals surface area contributed by atoms with Gasteiger partial charge in [-0.3, -0.25) is 4.79 Å². The third-order valence-electron chi connectivity index (χ3n) is 2.78. The van der Waals surface area contributed by atoms with Crippen molar-refractivity contribution >= 4 is 5.91 Å². The summed E-state index contributed by atoms with van der Waals surface area (Å²) < 4.78 is 19.1. The van der Waals surface area contributed by atoms with Crippen molar-refractivity contribution in [2.75, 3.05) is 0 Å². The fraction of sp³-hybridized carbons (Fsp3) is 0.133. The Labute approximate surface area is 110 Å². The lowest BCUT2D eigenvalue weighted by Crippen LogP contribution is -2.11. The normalized spacial score (nSPS) is 10.2. The first-order chi connectivity index (χ1) is 9.10. The minimum Gasteiger partial charge on any atom is -0.454 e. The zero-order chi connectivity index (χ0) is 13.8. The van der Waals surface area contributed by atoms with E-state index in [9.17, 15) is 9.18 Å². The number of aryl methyl sites for hydroxylation is 1. The molecule has 0 unspecified atom stereocenters. The summed E-state index contributed by atoms with van der Waals surface area (Å²) in [5.74, 6) is -0.675. The van der Waals surface area contributed by atoms with Crippen LogP contribution >= 0.6 is 0 Å². The highest BCUT2D eigenvalue weighted by molar-refractivity contribution is 5.92. The Morgan fingerprint density at radius 2 is 1.89 bits per heavy atom. The van der Waals surface area contributed by atoms with E-state index in [0.717, 1.165) is 12.5 Å². The minimum absolute atomic E-state index is 0.0641. The van der Waals surface area contributed by atoms with Gasteiger partial charge in [0.1, 0.15) is 5.75 Å². The molecule has 0 bridgehead atoms. The molecule has 0 saturated heterocycles. The molecule has 0 aromatic heterocycles. The van der Waals surface area contributed by atoms with E-state index in [4.69, 9.17) is 10.5 Å². The van der Waals surface area contributed by atoms with Gasteiger partial charge >= 0.3 is 0 Å². The number of benzene rings is 2. The summed E-state index contributed by atoms with van der Waals surface area (Å²) in [7, 11) is 0. The summed E-state index contributed by atoms with van der Waals surface area (Å²) in [6.45, 7) is 2.05. The van der Waals surface area contributed by atoms with Gasteiger partial charge in [-0.25, -0.2) is 4.39 Å². The van der Waals surface area contributed by atoms with Gasteiger partial charge in [-0.2, -0.15) is 0 Å². The molecule has 2 aromatic carbocycles. The van der Waals surface area contributed by atoms with Crippen LogP contribution in [0.1, 0.15) is 22.8 Å². The molecule has 0 saturated carbocycles. The average molecular weight is 259 g/mol. The maximum atomic E-state index is 13.7. The first-order valence-electron chi connectivity index (χ1n) is 5.96. The molecule has 0 aliphatic heterocycles. The molecule has 0 heterocycles. The number of ether oxygens (including phenoxy) is 1. The van der Waals surface area contributed by atoms with Crippen LogP contribution in [0.4, 0.5) is 4.39 Å². The molecule has 19 heavy (non-hydrogen) atoms. The van der Waals surface area contributed by atoms with Crippen molar-refractivity contribution in [2.24, 2.45) is 5.73 Å². The monoisotopic (exact) mass is 259 g/mol. The van der Waals surface area contributed by atoms with Crippen LogP contribution < -0.4 is 10.5 Å². The molecule has 0 spiro atoms. The van der Waals surface area contributed by atoms with E-state index in [1.807, 2.05) is 12.1 Å². The molecule has 0 aliphatic carbocycles. The quantitative estimate of drug-likeness (QED) is 0.916. The van der Waals surface area contributed by atoms with Crippen molar-refractivity contribution in [3.8, 4) is 11.5 Å². The summed E-state index contributed by atoms with van der Waals surface area (Å²) in [6.07, 6.45) is 0.932. The molecule has 2 rings (SSSR count). The van der Waals surface area contributed by atoms with Gasteiger partial charge in [0.2, 0.25) is 5.91 Å². The van der Waals surface area contributed by atoms with Crippen molar-refractivity contribution in [1.29, 1.82) is 0 Å². The number of carbonyl (C=O) groups excluding carboxylic acids is 1. The lowest BCUT2D eigenvalue weighted by atomic mass is 10.2. The van der Waals surface area contributed by atoms with Crippen LogP contribution in [-0.2, 0) is 6.42 Å². The second kappa shape index (κ2) is 5.52. The third kappa shape index (κ3) is 3.10. The fourth-order valence-electron chi connectivity index (χ4n) is 1.66. The van der Waals surface area contributed by atoms with Crippen LogP contribution in [0, 0.1) is 5.82 Å². The highest BCUT2D eigenvalue weighted by Crippen LogP contribution is 2.25. The van der Waals surface area contributed by atoms with Crippen LogP contribution in [0.2, 0.25) is 0 Å². The Balaban J connectivity index is 2.20. The SMILES string of the molecule is CCc1ccc(Oc2ccc(C(N)=O)cc2F)cc1. The van der Waals surface area contributed by atoms with Crippen molar-refractivity contribution in [2.45, 2.75) is 13.3 Å². The molecular weight excluding hydrogens is 245 g/mol. The molecule has 4 heteroatoms. The summed E-state index contributed by atoms with van der Waals surface area (Å²) in [4.78, 5) is 10.9. The van der Waals surface area contributed by atoms with Crippen molar-refractivity contribution < 1.29 is 13.9 Å². The van der Waals surface area contributed by atoms with Gasteiger partial charge in [0.25, 0.3) is 0 Å². The number of hydrogen-bond donors (Lipinski definition) is 1. The molecule has 2 N–H and O–H groups in total. The van der Waals surface area contributed by atoms with Crippen LogP contribution in [0.5, 0.6) is 11.5 Å². The topological polar surface area (TPSA) is 52.3 Å². The summed E-state index contributed by atoms with van der Waals surface area (Å²) >= 11 is 0. The zero-order valence-corrected chi connectivity index (χ0v) is 10.5. The van der Waals surface area contributed by atoms with Gasteiger partial charge in [0.15, 0.2) is 11.6 Å². The second-order valence-corrected chi connectivity index (χ2v) is 4.11. The van der Waals surface area contributed by atoms with E-state index in [1.165, 1.54) is 17.7 Å². The maximum absolute atomic E-state index is 13.7. The lowest BCUT2D eigenvalue weighted by molar-refractivity contribution is 0.1000. The van der Waals surface area contributed by atoms with Gasteiger partial charge in [-0.15, -0.1) is 0 Å². The Bertz CT molecular complexity index is 594. The molecule has 98 valence electrons. The highest BCUT2D eigenvalue weighted by atomic mass is 19.1. The molecule has 0 aliphatic rings. The molecule has 0 fully saturated rings. The van der Waals surface area contributed by atoms with Gasteiger partial charge in [0, 0.05) is 5.56 Å². The first-order valence-corrected chi connectivity index (χ1v) is 5.96. The second-order valence-electron chi connectivity index (χ2n) is 4.11. The van der Waals surface area contributed by atoms with Gasteiger partial charge in [0.05, 0.1) is 0 Å². The van der Waals surface area contributed by atoms with Crippen LogP contribution in [0.15, 0.2) is 42.5 Å². The largest absolute Gasteiger partial charge is 0.454 e. The predicted octanol–water partition coefficient (Wildman–Crippen LogP) is 3.28. The van der Waals surface area contributed by atoms with E-state index in [2.05, 4.69) is 6.92 Å². The Hall–Kier alpha value is -2.36. The summed E-state index contributed by atoms with van der Waals surface area (Å²) in [5.41, 5.74) is 6.37. The molecule has 3 nitrogen and oxygen atoms in total. The number of halogens is 1. The number of amides is 1. The van der Waals surface area contributed by atoms with Gasteiger partial charge in [-0.05, 0) is 42.3 Å². The summed E-state index contributed by atoms with van der Waals surface area (Å²) in [6, 6.07) is 11.3.